The van der Waals surface area contributed by atoms with Gasteiger partial charge in [0.2, 0.25) is 0 Å². The molecule has 1 heterocycles. The van der Waals surface area contributed by atoms with E-state index < -0.39 is 0 Å². The Labute approximate surface area is 226 Å². The molecule has 0 radical (unpaired) electrons. The predicted octanol–water partition coefficient (Wildman–Crippen LogP) is 7.71. The molecule has 0 amide bonds. The SMILES string of the molecule is O=c1c2ccccc2nc(C2CCCCC2)n1N=Cc1cc(Cl)ccc1OCc1cccc2ccccc12. The van der Waals surface area contributed by atoms with Gasteiger partial charge in [0.05, 0.1) is 17.1 Å². The van der Waals surface area contributed by atoms with Crippen molar-refractivity contribution in [2.75, 3.05) is 0 Å². The molecule has 0 aliphatic heterocycles. The number of aromatic nitrogens is 2. The van der Waals surface area contributed by atoms with Gasteiger partial charge in [0, 0.05) is 16.5 Å². The molecule has 0 N–H and O–H groups in total. The van der Waals surface area contributed by atoms with Crippen molar-refractivity contribution in [3.63, 3.8) is 0 Å². The topological polar surface area (TPSA) is 56.5 Å². The number of hydrogen-bond acceptors (Lipinski definition) is 4. The Kier molecular flexibility index (Phi) is 6.93. The number of fused-ring (bicyclic) bond motifs is 2. The van der Waals surface area contributed by atoms with Crippen LogP contribution in [0.2, 0.25) is 5.02 Å². The Morgan fingerprint density at radius 2 is 1.68 bits per heavy atom. The van der Waals surface area contributed by atoms with E-state index in [1.165, 1.54) is 16.5 Å². The van der Waals surface area contributed by atoms with Crippen LogP contribution < -0.4 is 10.3 Å². The fraction of sp³-hybridized carbons (Fsp3) is 0.219. The Morgan fingerprint density at radius 3 is 2.55 bits per heavy atom. The first-order valence-corrected chi connectivity index (χ1v) is 13.5. The highest BCUT2D eigenvalue weighted by Crippen LogP contribution is 2.32. The van der Waals surface area contributed by atoms with E-state index in [-0.39, 0.29) is 11.5 Å². The molecule has 0 atom stereocenters. The molecule has 6 rings (SSSR count). The van der Waals surface area contributed by atoms with Crippen LogP contribution in [0.15, 0.2) is 94.8 Å². The molecule has 5 aromatic rings. The van der Waals surface area contributed by atoms with Gasteiger partial charge in [-0.05, 0) is 59.5 Å². The molecule has 1 fully saturated rings. The van der Waals surface area contributed by atoms with Crippen LogP contribution in [-0.2, 0) is 6.61 Å². The maximum absolute atomic E-state index is 13.6. The fourth-order valence-corrected chi connectivity index (χ4v) is 5.50. The van der Waals surface area contributed by atoms with Crippen molar-refractivity contribution in [1.82, 2.24) is 9.66 Å². The lowest BCUT2D eigenvalue weighted by molar-refractivity contribution is 0.307. The third kappa shape index (κ3) is 4.94. The minimum Gasteiger partial charge on any atom is -0.488 e. The second kappa shape index (κ2) is 10.8. The monoisotopic (exact) mass is 521 g/mol. The summed E-state index contributed by atoms with van der Waals surface area (Å²) in [5.74, 6) is 1.58. The molecule has 38 heavy (non-hydrogen) atoms. The fourth-order valence-electron chi connectivity index (χ4n) is 5.32. The van der Waals surface area contributed by atoms with Crippen LogP contribution in [0, 0.1) is 0 Å². The van der Waals surface area contributed by atoms with Gasteiger partial charge in [0.1, 0.15) is 18.2 Å². The Morgan fingerprint density at radius 1 is 0.921 bits per heavy atom. The van der Waals surface area contributed by atoms with Crippen molar-refractivity contribution in [3.05, 3.63) is 117 Å². The third-order valence-electron chi connectivity index (χ3n) is 7.30. The van der Waals surface area contributed by atoms with Gasteiger partial charge in [-0.25, -0.2) is 4.98 Å². The number of halogens is 1. The van der Waals surface area contributed by atoms with Crippen molar-refractivity contribution in [2.24, 2.45) is 5.10 Å². The number of ether oxygens (including phenoxy) is 1. The van der Waals surface area contributed by atoms with Crippen LogP contribution in [0.1, 0.15) is 55.0 Å². The standard InChI is InChI=1S/C32H28ClN3O2/c33-26-17-18-30(38-21-24-13-8-12-22-9-4-5-14-27(22)24)25(19-26)20-34-36-31(23-10-2-1-3-11-23)35-29-16-7-6-15-28(29)32(36)37/h4-9,12-20,23H,1-3,10-11,21H2. The molecule has 0 saturated heterocycles. The molecule has 190 valence electrons. The maximum atomic E-state index is 13.6. The number of nitrogens with zero attached hydrogens (tertiary/aromatic N) is 3. The first-order chi connectivity index (χ1) is 18.7. The minimum absolute atomic E-state index is 0.160. The van der Waals surface area contributed by atoms with E-state index in [1.807, 2.05) is 48.5 Å². The van der Waals surface area contributed by atoms with Crippen LogP contribution in [0.25, 0.3) is 21.7 Å². The zero-order valence-corrected chi connectivity index (χ0v) is 21.8. The number of para-hydroxylation sites is 1. The van der Waals surface area contributed by atoms with Gasteiger partial charge in [-0.1, -0.05) is 85.5 Å². The van der Waals surface area contributed by atoms with E-state index in [0.717, 1.165) is 42.5 Å². The van der Waals surface area contributed by atoms with Crippen LogP contribution in [0.5, 0.6) is 5.75 Å². The van der Waals surface area contributed by atoms with E-state index in [1.54, 1.807) is 18.3 Å². The quantitative estimate of drug-likeness (QED) is 0.215. The summed E-state index contributed by atoms with van der Waals surface area (Å²) < 4.78 is 7.75. The highest BCUT2D eigenvalue weighted by Gasteiger charge is 2.22. The molecule has 0 spiro atoms. The summed E-state index contributed by atoms with van der Waals surface area (Å²) in [6.07, 6.45) is 7.18. The zero-order valence-electron chi connectivity index (χ0n) is 21.0. The average Bonchev–Trinajstić information content (AvgIpc) is 2.96. The van der Waals surface area contributed by atoms with E-state index in [2.05, 4.69) is 29.4 Å². The second-order valence-electron chi connectivity index (χ2n) is 9.79. The van der Waals surface area contributed by atoms with Crippen molar-refractivity contribution in [1.29, 1.82) is 0 Å². The number of hydrogen-bond donors (Lipinski definition) is 0. The van der Waals surface area contributed by atoms with Gasteiger partial charge in [-0.3, -0.25) is 4.79 Å². The summed E-state index contributed by atoms with van der Waals surface area (Å²) in [6.45, 7) is 0.397. The highest BCUT2D eigenvalue weighted by atomic mass is 35.5. The summed E-state index contributed by atoms with van der Waals surface area (Å²) in [6, 6.07) is 27.4. The molecule has 0 unspecified atom stereocenters. The summed E-state index contributed by atoms with van der Waals surface area (Å²) in [7, 11) is 0. The first kappa shape index (κ1) is 24.4. The molecule has 6 heteroatoms. The predicted molar refractivity (Wildman–Crippen MR) is 155 cm³/mol. The lowest BCUT2D eigenvalue weighted by atomic mass is 9.88. The number of rotatable bonds is 6. The smallest absolute Gasteiger partial charge is 0.282 e. The Balaban J connectivity index is 1.37. The molecule has 0 bridgehead atoms. The largest absolute Gasteiger partial charge is 0.488 e. The van der Waals surface area contributed by atoms with Crippen molar-refractivity contribution in [2.45, 2.75) is 44.6 Å². The van der Waals surface area contributed by atoms with Crippen molar-refractivity contribution in [3.8, 4) is 5.75 Å². The van der Waals surface area contributed by atoms with Crippen molar-refractivity contribution < 1.29 is 4.74 Å². The van der Waals surface area contributed by atoms with Crippen LogP contribution in [0.4, 0.5) is 0 Å². The van der Waals surface area contributed by atoms with E-state index in [9.17, 15) is 4.79 Å². The molecular weight excluding hydrogens is 494 g/mol. The number of benzene rings is 4. The average molecular weight is 522 g/mol. The molecule has 1 aromatic heterocycles. The van der Waals surface area contributed by atoms with Gasteiger partial charge in [-0.2, -0.15) is 9.78 Å². The zero-order chi connectivity index (χ0) is 25.9. The third-order valence-corrected chi connectivity index (χ3v) is 7.53. The summed E-state index contributed by atoms with van der Waals surface area (Å²) in [4.78, 5) is 18.5. The van der Waals surface area contributed by atoms with Gasteiger partial charge in [0.15, 0.2) is 0 Å². The molecule has 5 nitrogen and oxygen atoms in total. The minimum atomic E-state index is -0.160. The van der Waals surface area contributed by atoms with Crippen LogP contribution in [0.3, 0.4) is 0 Å². The molecule has 1 aliphatic rings. The second-order valence-corrected chi connectivity index (χ2v) is 10.2. The maximum Gasteiger partial charge on any atom is 0.282 e. The summed E-state index contributed by atoms with van der Waals surface area (Å²) >= 11 is 6.36. The normalized spacial score (nSPS) is 14.4. The Bertz CT molecular complexity index is 1700. The van der Waals surface area contributed by atoms with Gasteiger partial charge >= 0.3 is 0 Å². The lowest BCUT2D eigenvalue weighted by Gasteiger charge is -2.22. The summed E-state index contributed by atoms with van der Waals surface area (Å²) in [5, 5.41) is 8.14. The van der Waals surface area contributed by atoms with Gasteiger partial charge in [-0.15, -0.1) is 0 Å². The van der Waals surface area contributed by atoms with Gasteiger partial charge < -0.3 is 4.74 Å². The van der Waals surface area contributed by atoms with Crippen LogP contribution >= 0.6 is 11.6 Å². The lowest BCUT2D eigenvalue weighted by Crippen LogP contribution is -2.25. The molecule has 1 aliphatic carbocycles. The van der Waals surface area contributed by atoms with E-state index >= 15 is 0 Å². The van der Waals surface area contributed by atoms with Crippen molar-refractivity contribution >= 4 is 39.5 Å². The van der Waals surface area contributed by atoms with Crippen LogP contribution in [-0.4, -0.2) is 15.9 Å². The van der Waals surface area contributed by atoms with E-state index in [4.69, 9.17) is 21.3 Å². The van der Waals surface area contributed by atoms with E-state index in [0.29, 0.717) is 33.8 Å². The molecule has 1 saturated carbocycles. The van der Waals surface area contributed by atoms with Gasteiger partial charge in [0.25, 0.3) is 5.56 Å². The molecular formula is C32H28ClN3O2. The summed E-state index contributed by atoms with van der Waals surface area (Å²) in [5.41, 5.74) is 2.35. The highest BCUT2D eigenvalue weighted by molar-refractivity contribution is 6.30. The molecule has 4 aromatic carbocycles. The first-order valence-electron chi connectivity index (χ1n) is 13.1. The Hall–Kier alpha value is -3.96.